The van der Waals surface area contributed by atoms with E-state index in [9.17, 15) is 13.2 Å². The largest absolute Gasteiger partial charge is 0.493 e. The van der Waals surface area contributed by atoms with Crippen LogP contribution in [0.15, 0.2) is 35.2 Å². The standard InChI is InChI=1S/C18H20ClNO7S/c1-24-14-7-11(8-15(25-2)17(14)26-3)10-20-28(22,23)16-9-12(18(21)27-4)5-6-13(16)19/h5-9,20H,10H2,1-4H3. The van der Waals surface area contributed by atoms with Crippen molar-refractivity contribution in [2.75, 3.05) is 28.4 Å². The number of halogens is 1. The molecule has 152 valence electrons. The normalized spacial score (nSPS) is 11.0. The lowest BCUT2D eigenvalue weighted by molar-refractivity contribution is 0.0600. The van der Waals surface area contributed by atoms with Crippen LogP contribution in [0, 0.1) is 0 Å². The molecule has 0 aliphatic heterocycles. The van der Waals surface area contributed by atoms with Gasteiger partial charge in [0.05, 0.1) is 39.0 Å². The van der Waals surface area contributed by atoms with Crippen molar-refractivity contribution in [1.82, 2.24) is 4.72 Å². The van der Waals surface area contributed by atoms with Gasteiger partial charge in [0.15, 0.2) is 11.5 Å². The van der Waals surface area contributed by atoms with Crippen LogP contribution in [-0.2, 0) is 21.3 Å². The summed E-state index contributed by atoms with van der Waals surface area (Å²) >= 11 is 6.02. The fourth-order valence-electron chi connectivity index (χ4n) is 2.45. The van der Waals surface area contributed by atoms with Crippen molar-refractivity contribution >= 4 is 27.6 Å². The summed E-state index contributed by atoms with van der Waals surface area (Å²) in [4.78, 5) is 11.4. The molecule has 1 N–H and O–H groups in total. The van der Waals surface area contributed by atoms with E-state index in [0.717, 1.165) is 6.07 Å². The zero-order valence-electron chi connectivity index (χ0n) is 15.7. The van der Waals surface area contributed by atoms with E-state index < -0.39 is 16.0 Å². The molecule has 10 heteroatoms. The molecule has 2 rings (SSSR count). The predicted octanol–water partition coefficient (Wildman–Crippen LogP) is 2.63. The van der Waals surface area contributed by atoms with Crippen molar-refractivity contribution in [2.24, 2.45) is 0 Å². The van der Waals surface area contributed by atoms with Crippen LogP contribution < -0.4 is 18.9 Å². The van der Waals surface area contributed by atoms with E-state index >= 15 is 0 Å². The molecule has 0 aliphatic rings. The third kappa shape index (κ3) is 4.67. The zero-order chi connectivity index (χ0) is 20.9. The number of hydrogen-bond donors (Lipinski definition) is 1. The van der Waals surface area contributed by atoms with E-state index in [1.54, 1.807) is 12.1 Å². The van der Waals surface area contributed by atoms with Crippen molar-refractivity contribution in [2.45, 2.75) is 11.4 Å². The highest BCUT2D eigenvalue weighted by Crippen LogP contribution is 2.38. The lowest BCUT2D eigenvalue weighted by Crippen LogP contribution is -2.24. The molecule has 2 aromatic rings. The Labute approximate surface area is 168 Å². The number of benzene rings is 2. The molecule has 0 aromatic heterocycles. The third-order valence-corrected chi connectivity index (χ3v) is 5.72. The highest BCUT2D eigenvalue weighted by molar-refractivity contribution is 7.89. The summed E-state index contributed by atoms with van der Waals surface area (Å²) in [5.74, 6) is 0.506. The minimum Gasteiger partial charge on any atom is -0.493 e. The molecule has 0 saturated carbocycles. The Morgan fingerprint density at radius 3 is 2.11 bits per heavy atom. The number of rotatable bonds is 8. The number of hydrogen-bond acceptors (Lipinski definition) is 7. The minimum absolute atomic E-state index is 0.0231. The van der Waals surface area contributed by atoms with Gasteiger partial charge in [0.25, 0.3) is 0 Å². The monoisotopic (exact) mass is 429 g/mol. The van der Waals surface area contributed by atoms with E-state index in [0.29, 0.717) is 22.8 Å². The van der Waals surface area contributed by atoms with Crippen LogP contribution in [0.4, 0.5) is 0 Å². The zero-order valence-corrected chi connectivity index (χ0v) is 17.3. The Morgan fingerprint density at radius 1 is 1.00 bits per heavy atom. The van der Waals surface area contributed by atoms with Crippen LogP contribution in [0.2, 0.25) is 5.02 Å². The molecule has 0 heterocycles. The number of ether oxygens (including phenoxy) is 4. The van der Waals surface area contributed by atoms with Gasteiger partial charge in [-0.3, -0.25) is 0 Å². The summed E-state index contributed by atoms with van der Waals surface area (Å²) in [5, 5.41) is -0.0231. The number of carbonyl (C=O) groups excluding carboxylic acids is 1. The maximum atomic E-state index is 12.7. The first kappa shape index (κ1) is 21.8. The van der Waals surface area contributed by atoms with Gasteiger partial charge >= 0.3 is 5.97 Å². The number of nitrogens with one attached hydrogen (secondary N) is 1. The van der Waals surface area contributed by atoms with Gasteiger partial charge in [-0.1, -0.05) is 11.6 Å². The molecular formula is C18H20ClNO7S. The first-order valence-electron chi connectivity index (χ1n) is 7.93. The Balaban J connectivity index is 2.33. The van der Waals surface area contributed by atoms with Gasteiger partial charge in [-0.2, -0.15) is 0 Å². The van der Waals surface area contributed by atoms with Crippen LogP contribution in [0.3, 0.4) is 0 Å². The number of sulfonamides is 1. The van der Waals surface area contributed by atoms with Crippen molar-refractivity contribution in [3.8, 4) is 17.2 Å². The second kappa shape index (κ2) is 9.13. The Hall–Kier alpha value is -2.49. The average molecular weight is 430 g/mol. The summed E-state index contributed by atoms with van der Waals surface area (Å²) in [6.45, 7) is -0.0716. The molecule has 8 nitrogen and oxygen atoms in total. The molecule has 0 aliphatic carbocycles. The van der Waals surface area contributed by atoms with E-state index in [2.05, 4.69) is 9.46 Å². The molecular weight excluding hydrogens is 410 g/mol. The highest BCUT2D eigenvalue weighted by Gasteiger charge is 2.21. The van der Waals surface area contributed by atoms with E-state index in [1.165, 1.54) is 40.6 Å². The Bertz CT molecular complexity index is 951. The van der Waals surface area contributed by atoms with Gasteiger partial charge in [0.1, 0.15) is 4.90 Å². The van der Waals surface area contributed by atoms with E-state index in [-0.39, 0.29) is 22.0 Å². The molecule has 0 fully saturated rings. The molecule has 0 radical (unpaired) electrons. The van der Waals surface area contributed by atoms with Crippen LogP contribution in [0.25, 0.3) is 0 Å². The number of methoxy groups -OCH3 is 4. The second-order valence-electron chi connectivity index (χ2n) is 5.49. The smallest absolute Gasteiger partial charge is 0.337 e. The Kier molecular flexibility index (Phi) is 7.11. The molecule has 0 spiro atoms. The van der Waals surface area contributed by atoms with Gasteiger partial charge in [-0.15, -0.1) is 0 Å². The maximum Gasteiger partial charge on any atom is 0.337 e. The lowest BCUT2D eigenvalue weighted by Gasteiger charge is -2.15. The minimum atomic E-state index is -4.01. The van der Waals surface area contributed by atoms with Gasteiger partial charge in [-0.05, 0) is 35.9 Å². The fourth-order valence-corrected chi connectivity index (χ4v) is 3.99. The van der Waals surface area contributed by atoms with Crippen molar-refractivity contribution < 1.29 is 32.2 Å². The van der Waals surface area contributed by atoms with Crippen molar-refractivity contribution in [3.05, 3.63) is 46.5 Å². The molecule has 0 saturated heterocycles. The summed E-state index contributed by atoms with van der Waals surface area (Å²) in [5.41, 5.74) is 0.637. The summed E-state index contributed by atoms with van der Waals surface area (Å²) in [7, 11) is 1.59. The first-order chi connectivity index (χ1) is 13.3. The van der Waals surface area contributed by atoms with E-state index in [1.807, 2.05) is 0 Å². The first-order valence-corrected chi connectivity index (χ1v) is 9.80. The van der Waals surface area contributed by atoms with Crippen LogP contribution in [0.1, 0.15) is 15.9 Å². The lowest BCUT2D eigenvalue weighted by atomic mass is 10.2. The maximum absolute atomic E-state index is 12.7. The van der Waals surface area contributed by atoms with Crippen LogP contribution >= 0.6 is 11.6 Å². The van der Waals surface area contributed by atoms with Crippen LogP contribution in [0.5, 0.6) is 17.2 Å². The van der Waals surface area contributed by atoms with Crippen LogP contribution in [-0.4, -0.2) is 42.8 Å². The molecule has 2 aromatic carbocycles. The number of esters is 1. The number of carbonyl (C=O) groups is 1. The summed E-state index contributed by atoms with van der Waals surface area (Å²) in [6, 6.07) is 7.10. The Morgan fingerprint density at radius 2 is 1.61 bits per heavy atom. The van der Waals surface area contributed by atoms with E-state index in [4.69, 9.17) is 25.8 Å². The molecule has 0 amide bonds. The van der Waals surface area contributed by atoms with Gasteiger partial charge in [-0.25, -0.2) is 17.9 Å². The van der Waals surface area contributed by atoms with Gasteiger partial charge in [0.2, 0.25) is 15.8 Å². The highest BCUT2D eigenvalue weighted by atomic mass is 35.5. The fraction of sp³-hybridized carbons (Fsp3) is 0.278. The quantitative estimate of drug-likeness (QED) is 0.644. The van der Waals surface area contributed by atoms with Crippen molar-refractivity contribution in [3.63, 3.8) is 0 Å². The topological polar surface area (TPSA) is 100 Å². The molecule has 0 unspecified atom stereocenters. The summed E-state index contributed by atoms with van der Waals surface area (Å²) in [6.07, 6.45) is 0. The molecule has 28 heavy (non-hydrogen) atoms. The van der Waals surface area contributed by atoms with Crippen molar-refractivity contribution in [1.29, 1.82) is 0 Å². The second-order valence-corrected chi connectivity index (χ2v) is 7.64. The van der Waals surface area contributed by atoms with Gasteiger partial charge in [0, 0.05) is 6.54 Å². The predicted molar refractivity (Wildman–Crippen MR) is 103 cm³/mol. The SMILES string of the molecule is COC(=O)c1ccc(Cl)c(S(=O)(=O)NCc2cc(OC)c(OC)c(OC)c2)c1. The average Bonchev–Trinajstić information content (AvgIpc) is 2.70. The molecule has 0 bridgehead atoms. The third-order valence-electron chi connectivity index (χ3n) is 3.83. The van der Waals surface area contributed by atoms with Gasteiger partial charge < -0.3 is 18.9 Å². The summed E-state index contributed by atoms with van der Waals surface area (Å²) < 4.78 is 48.2. The molecule has 0 atom stereocenters.